The van der Waals surface area contributed by atoms with Crippen molar-refractivity contribution in [1.82, 2.24) is 5.06 Å². The highest BCUT2D eigenvalue weighted by atomic mass is 16.7. The second-order valence-electron chi connectivity index (χ2n) is 8.34. The molecule has 1 amide bonds. The van der Waals surface area contributed by atoms with E-state index >= 15 is 0 Å². The summed E-state index contributed by atoms with van der Waals surface area (Å²) in [7, 11) is 0. The molecule has 0 saturated carbocycles. The van der Waals surface area contributed by atoms with E-state index in [9.17, 15) is 9.59 Å². The Bertz CT molecular complexity index is 697. The van der Waals surface area contributed by atoms with Crippen LogP contribution in [0.1, 0.15) is 52.0 Å². The molecule has 0 aromatic heterocycles. The number of benzene rings is 1. The van der Waals surface area contributed by atoms with Crippen LogP contribution >= 0.6 is 0 Å². The van der Waals surface area contributed by atoms with E-state index in [-0.39, 0.29) is 24.2 Å². The number of nitrogens with one attached hydrogen (secondary N) is 1. The molecule has 1 aliphatic rings. The molecule has 0 spiro atoms. The quantitative estimate of drug-likeness (QED) is 0.362. The summed E-state index contributed by atoms with van der Waals surface area (Å²) in [5, 5.41) is 4.44. The summed E-state index contributed by atoms with van der Waals surface area (Å²) in [5.41, 5.74) is 1.43. The smallest absolute Gasteiger partial charge is 0.411 e. The van der Waals surface area contributed by atoms with E-state index in [0.29, 0.717) is 12.3 Å². The Morgan fingerprint density at radius 2 is 1.93 bits per heavy atom. The van der Waals surface area contributed by atoms with Crippen LogP contribution in [0.4, 0.5) is 10.5 Å². The van der Waals surface area contributed by atoms with E-state index in [2.05, 4.69) is 11.9 Å². The Kier molecular flexibility index (Phi) is 9.33. The minimum absolute atomic E-state index is 0.170. The van der Waals surface area contributed by atoms with Crippen molar-refractivity contribution in [2.45, 2.75) is 64.5 Å². The molecule has 0 bridgehead atoms. The molecule has 0 radical (unpaired) electrons. The lowest BCUT2D eigenvalue weighted by Gasteiger charge is -2.37. The minimum atomic E-state index is -0.512. The molecule has 166 valence electrons. The van der Waals surface area contributed by atoms with Gasteiger partial charge in [-0.1, -0.05) is 24.8 Å². The van der Waals surface area contributed by atoms with Crippen molar-refractivity contribution in [3.8, 4) is 0 Å². The summed E-state index contributed by atoms with van der Waals surface area (Å²) in [6.45, 7) is 10.7. The van der Waals surface area contributed by atoms with Gasteiger partial charge in [-0.3, -0.25) is 14.9 Å². The fourth-order valence-electron chi connectivity index (χ4n) is 3.19. The Labute approximate surface area is 179 Å². The van der Waals surface area contributed by atoms with Crippen molar-refractivity contribution >= 4 is 17.7 Å². The van der Waals surface area contributed by atoms with Gasteiger partial charge >= 0.3 is 12.1 Å². The fourth-order valence-corrected chi connectivity index (χ4v) is 3.19. The minimum Gasteiger partial charge on any atom is -0.464 e. The molecule has 1 atom stereocenters. The highest BCUT2D eigenvalue weighted by Crippen LogP contribution is 2.22. The zero-order chi connectivity index (χ0) is 22.0. The fraction of sp³-hybridized carbons (Fsp3) is 0.565. The first-order chi connectivity index (χ1) is 14.3. The maximum absolute atomic E-state index is 12.5. The van der Waals surface area contributed by atoms with Crippen molar-refractivity contribution in [2.75, 3.05) is 25.1 Å². The van der Waals surface area contributed by atoms with Crippen LogP contribution in [0.3, 0.4) is 0 Å². The summed E-state index contributed by atoms with van der Waals surface area (Å²) in [6.07, 6.45) is 5.30. The molecule has 2 rings (SSSR count). The predicted octanol–water partition coefficient (Wildman–Crippen LogP) is 4.48. The Balaban J connectivity index is 1.72. The van der Waals surface area contributed by atoms with Crippen molar-refractivity contribution in [1.29, 1.82) is 0 Å². The highest BCUT2D eigenvalue weighted by Gasteiger charge is 2.33. The van der Waals surface area contributed by atoms with Crippen LogP contribution in [0.5, 0.6) is 0 Å². The molecular formula is C23H34N2O5. The van der Waals surface area contributed by atoms with Crippen molar-refractivity contribution < 1.29 is 23.9 Å². The van der Waals surface area contributed by atoms with Crippen molar-refractivity contribution in [3.63, 3.8) is 0 Å². The molecule has 1 fully saturated rings. The maximum atomic E-state index is 12.5. The average Bonchev–Trinajstić information content (AvgIpc) is 2.70. The largest absolute Gasteiger partial charge is 0.464 e. The van der Waals surface area contributed by atoms with Gasteiger partial charge in [0.05, 0.1) is 12.2 Å². The van der Waals surface area contributed by atoms with Gasteiger partial charge in [0.2, 0.25) is 0 Å². The Hall–Kier alpha value is -2.38. The number of hydrogen-bond donors (Lipinski definition) is 1. The van der Waals surface area contributed by atoms with Gasteiger partial charge in [-0.15, -0.1) is 0 Å². The van der Waals surface area contributed by atoms with E-state index in [1.54, 1.807) is 5.06 Å². The molecule has 1 aliphatic heterocycles. The molecule has 0 aliphatic carbocycles. The van der Waals surface area contributed by atoms with Crippen LogP contribution in [0, 0.1) is 0 Å². The molecule has 7 nitrogen and oxygen atoms in total. The van der Waals surface area contributed by atoms with Crippen LogP contribution in [0.15, 0.2) is 36.9 Å². The summed E-state index contributed by atoms with van der Waals surface area (Å²) in [6, 6.07) is 7.18. The van der Waals surface area contributed by atoms with Gasteiger partial charge in [-0.2, -0.15) is 5.06 Å². The molecule has 1 heterocycles. The maximum Gasteiger partial charge on any atom is 0.411 e. The normalized spacial score (nSPS) is 17.2. The molecule has 0 unspecified atom stereocenters. The van der Waals surface area contributed by atoms with Gasteiger partial charge in [-0.05, 0) is 70.6 Å². The monoisotopic (exact) mass is 418 g/mol. The van der Waals surface area contributed by atoms with Gasteiger partial charge in [0.25, 0.3) is 0 Å². The zero-order valence-electron chi connectivity index (χ0n) is 18.3. The summed E-state index contributed by atoms with van der Waals surface area (Å²) >= 11 is 0. The lowest BCUT2D eigenvalue weighted by molar-refractivity contribution is -0.259. The number of nitrogens with zero attached hydrogens (tertiary/aromatic N) is 1. The SMILES string of the molecule is C=CCOC(=O)Nc1ccc(CCCOC(=O)[C@@H]2CCCCN2OC(C)(C)C)cc1. The highest BCUT2D eigenvalue weighted by molar-refractivity contribution is 5.84. The standard InChI is InChI=1S/C23H34N2O5/c1-5-16-29-22(27)24-19-13-11-18(12-14-19)9-8-17-28-21(26)20-10-6-7-15-25(20)30-23(2,3)4/h5,11-14,20H,1,6-10,15-17H2,2-4H3,(H,24,27)/t20-/m0/s1. The van der Waals surface area contributed by atoms with Crippen LogP contribution < -0.4 is 5.32 Å². The summed E-state index contributed by atoms with van der Waals surface area (Å²) in [5.74, 6) is -0.212. The van der Waals surface area contributed by atoms with Crippen LogP contribution in [0.25, 0.3) is 0 Å². The molecule has 1 saturated heterocycles. The molecule has 1 N–H and O–H groups in total. The number of anilines is 1. The molecular weight excluding hydrogens is 384 g/mol. The Morgan fingerprint density at radius 1 is 1.20 bits per heavy atom. The van der Waals surface area contributed by atoms with Crippen LogP contribution in [-0.2, 0) is 25.5 Å². The number of carbonyl (C=O) groups is 2. The number of hydroxylamine groups is 2. The lowest BCUT2D eigenvalue weighted by Crippen LogP contribution is -2.48. The van der Waals surface area contributed by atoms with Crippen LogP contribution in [-0.4, -0.2) is 48.5 Å². The average molecular weight is 419 g/mol. The summed E-state index contributed by atoms with van der Waals surface area (Å²) < 4.78 is 10.4. The number of piperidine rings is 1. The number of carbonyl (C=O) groups excluding carboxylic acids is 2. The molecule has 7 heteroatoms. The third kappa shape index (κ3) is 8.55. The van der Waals surface area contributed by atoms with Gasteiger partial charge < -0.3 is 9.47 Å². The van der Waals surface area contributed by atoms with Crippen molar-refractivity contribution in [3.05, 3.63) is 42.5 Å². The van der Waals surface area contributed by atoms with Gasteiger partial charge in [0.1, 0.15) is 12.6 Å². The zero-order valence-corrected chi connectivity index (χ0v) is 18.3. The second-order valence-corrected chi connectivity index (χ2v) is 8.34. The van der Waals surface area contributed by atoms with Gasteiger partial charge in [0.15, 0.2) is 0 Å². The number of ether oxygens (including phenoxy) is 2. The van der Waals surface area contributed by atoms with Gasteiger partial charge in [0, 0.05) is 12.2 Å². The lowest BCUT2D eigenvalue weighted by atomic mass is 10.0. The second kappa shape index (κ2) is 11.7. The summed E-state index contributed by atoms with van der Waals surface area (Å²) in [4.78, 5) is 30.0. The first-order valence-corrected chi connectivity index (χ1v) is 10.5. The molecule has 1 aromatic carbocycles. The van der Waals surface area contributed by atoms with E-state index < -0.39 is 6.09 Å². The van der Waals surface area contributed by atoms with E-state index in [1.807, 2.05) is 45.0 Å². The first-order valence-electron chi connectivity index (χ1n) is 10.5. The topological polar surface area (TPSA) is 77.1 Å². The number of rotatable bonds is 9. The van der Waals surface area contributed by atoms with E-state index in [0.717, 1.165) is 44.2 Å². The first kappa shape index (κ1) is 23.9. The number of aryl methyl sites for hydroxylation is 1. The third-order valence-corrected chi connectivity index (χ3v) is 4.50. The molecule has 30 heavy (non-hydrogen) atoms. The number of amides is 1. The van der Waals surface area contributed by atoms with Gasteiger partial charge in [-0.25, -0.2) is 4.79 Å². The molecule has 1 aromatic rings. The van der Waals surface area contributed by atoms with E-state index in [1.165, 1.54) is 6.08 Å². The number of hydrogen-bond acceptors (Lipinski definition) is 6. The van der Waals surface area contributed by atoms with E-state index in [4.69, 9.17) is 14.3 Å². The Morgan fingerprint density at radius 3 is 2.60 bits per heavy atom. The predicted molar refractivity (Wildman–Crippen MR) is 116 cm³/mol. The van der Waals surface area contributed by atoms with Crippen LogP contribution in [0.2, 0.25) is 0 Å². The third-order valence-electron chi connectivity index (χ3n) is 4.50. The van der Waals surface area contributed by atoms with Crippen molar-refractivity contribution in [2.24, 2.45) is 0 Å². The number of esters is 1.